The molecule has 1 aromatic heterocycles. The summed E-state index contributed by atoms with van der Waals surface area (Å²) < 4.78 is 2.07. The van der Waals surface area contributed by atoms with Crippen LogP contribution < -0.4 is 10.6 Å². The molecular weight excluding hydrogens is 374 g/mol. The lowest BCUT2D eigenvalue weighted by Gasteiger charge is -2.24. The summed E-state index contributed by atoms with van der Waals surface area (Å²) in [6.45, 7) is 5.31. The summed E-state index contributed by atoms with van der Waals surface area (Å²) in [5.74, 6) is -0.122. The van der Waals surface area contributed by atoms with E-state index in [1.54, 1.807) is 6.07 Å². The highest BCUT2D eigenvalue weighted by Crippen LogP contribution is 2.25. The number of hydrogen-bond acceptors (Lipinski definition) is 2. The molecule has 1 aliphatic heterocycles. The van der Waals surface area contributed by atoms with E-state index >= 15 is 0 Å². The van der Waals surface area contributed by atoms with Gasteiger partial charge in [-0.25, -0.2) is 0 Å². The first kappa shape index (κ1) is 22.1. The molecule has 2 heterocycles. The van der Waals surface area contributed by atoms with Gasteiger partial charge in [-0.05, 0) is 43.7 Å². The van der Waals surface area contributed by atoms with Crippen LogP contribution in [0.15, 0.2) is 36.4 Å². The lowest BCUT2D eigenvalue weighted by Crippen LogP contribution is -2.37. The molecule has 2 aliphatic rings. The molecule has 1 aromatic carbocycles. The lowest BCUT2D eigenvalue weighted by atomic mass is 9.95. The van der Waals surface area contributed by atoms with Crippen LogP contribution in [-0.2, 0) is 19.5 Å². The Morgan fingerprint density at radius 1 is 0.967 bits per heavy atom. The average molecular weight is 410 g/mol. The van der Waals surface area contributed by atoms with Crippen LogP contribution in [0.2, 0.25) is 0 Å². The highest BCUT2D eigenvalue weighted by atomic mass is 16.2. The van der Waals surface area contributed by atoms with Crippen molar-refractivity contribution in [2.75, 3.05) is 0 Å². The minimum atomic E-state index is -0.0915. The standard InChI is InChI=1S/C23H29N3O2.C2H6/c27-22(24-16-17-9-3-1-4-10-17)19-15-21(26-14-8-7-13-20(19)26)23(28)25-18-11-5-2-6-12-18;1-2/h1,3-4,9-10,15,18H,2,5-8,11-14,16H2,(H,24,27)(H,25,28);1-2H3. The number of nitrogens with zero attached hydrogens (tertiary/aromatic N) is 1. The molecule has 0 unspecified atom stereocenters. The van der Waals surface area contributed by atoms with Gasteiger partial charge in [-0.1, -0.05) is 63.4 Å². The van der Waals surface area contributed by atoms with Crippen LogP contribution >= 0.6 is 0 Å². The number of hydrogen-bond donors (Lipinski definition) is 2. The van der Waals surface area contributed by atoms with E-state index < -0.39 is 0 Å². The number of aromatic nitrogens is 1. The van der Waals surface area contributed by atoms with Gasteiger partial charge in [-0.2, -0.15) is 0 Å². The van der Waals surface area contributed by atoms with Crippen molar-refractivity contribution in [1.29, 1.82) is 0 Å². The second-order valence-electron chi connectivity index (χ2n) is 7.98. The summed E-state index contributed by atoms with van der Waals surface area (Å²) in [6, 6.07) is 12.0. The molecule has 1 fully saturated rings. The minimum absolute atomic E-state index is 0.0304. The Kier molecular flexibility index (Phi) is 8.12. The molecule has 5 nitrogen and oxygen atoms in total. The Labute approximate surface area is 180 Å². The van der Waals surface area contributed by atoms with Crippen LogP contribution in [-0.4, -0.2) is 22.4 Å². The summed E-state index contributed by atoms with van der Waals surface area (Å²) in [5.41, 5.74) is 3.37. The fraction of sp³-hybridized carbons (Fsp3) is 0.520. The van der Waals surface area contributed by atoms with Gasteiger partial charge in [-0.15, -0.1) is 0 Å². The van der Waals surface area contributed by atoms with Gasteiger partial charge in [0.05, 0.1) is 5.56 Å². The van der Waals surface area contributed by atoms with Gasteiger partial charge in [0.2, 0.25) is 0 Å². The minimum Gasteiger partial charge on any atom is -0.348 e. The SMILES string of the molecule is CC.O=C(NCc1ccccc1)c1cc(C(=O)NC2CCCCC2)n2c1CCCC2. The van der Waals surface area contributed by atoms with E-state index in [9.17, 15) is 9.59 Å². The molecule has 2 N–H and O–H groups in total. The van der Waals surface area contributed by atoms with Crippen LogP contribution in [0.3, 0.4) is 0 Å². The van der Waals surface area contributed by atoms with E-state index in [1.807, 2.05) is 44.2 Å². The van der Waals surface area contributed by atoms with E-state index in [-0.39, 0.29) is 17.9 Å². The fourth-order valence-electron chi connectivity index (χ4n) is 4.44. The van der Waals surface area contributed by atoms with Crippen molar-refractivity contribution in [3.05, 3.63) is 58.9 Å². The second kappa shape index (κ2) is 11.0. The number of fused-ring (bicyclic) bond motifs is 1. The molecule has 162 valence electrons. The highest BCUT2D eigenvalue weighted by Gasteiger charge is 2.26. The van der Waals surface area contributed by atoms with Crippen molar-refractivity contribution >= 4 is 11.8 Å². The second-order valence-corrected chi connectivity index (χ2v) is 7.98. The summed E-state index contributed by atoms with van der Waals surface area (Å²) in [4.78, 5) is 25.8. The number of carbonyl (C=O) groups is 2. The van der Waals surface area contributed by atoms with Gasteiger partial charge in [-0.3, -0.25) is 9.59 Å². The third-order valence-corrected chi connectivity index (χ3v) is 5.97. The van der Waals surface area contributed by atoms with E-state index in [1.165, 1.54) is 19.3 Å². The Bertz CT molecular complexity index is 836. The zero-order valence-corrected chi connectivity index (χ0v) is 18.4. The smallest absolute Gasteiger partial charge is 0.268 e. The molecule has 2 amide bonds. The van der Waals surface area contributed by atoms with Crippen LogP contribution in [0, 0.1) is 0 Å². The Morgan fingerprint density at radius 2 is 1.70 bits per heavy atom. The van der Waals surface area contributed by atoms with Crippen molar-refractivity contribution in [2.45, 2.75) is 84.3 Å². The number of nitrogens with one attached hydrogen (secondary N) is 2. The monoisotopic (exact) mass is 409 g/mol. The highest BCUT2D eigenvalue weighted by molar-refractivity contribution is 6.00. The molecule has 0 spiro atoms. The van der Waals surface area contributed by atoms with Gasteiger partial charge < -0.3 is 15.2 Å². The number of amides is 2. The molecular formula is C25H35N3O2. The third kappa shape index (κ3) is 5.32. The maximum absolute atomic E-state index is 12.9. The van der Waals surface area contributed by atoms with E-state index in [0.717, 1.165) is 49.9 Å². The molecule has 5 heteroatoms. The number of benzene rings is 1. The molecule has 2 aromatic rings. The van der Waals surface area contributed by atoms with Gasteiger partial charge >= 0.3 is 0 Å². The first-order valence-corrected chi connectivity index (χ1v) is 11.6. The molecule has 0 saturated heterocycles. The van der Waals surface area contributed by atoms with Gasteiger partial charge in [0, 0.05) is 24.8 Å². The number of carbonyl (C=O) groups excluding carboxylic acids is 2. The molecule has 0 atom stereocenters. The molecule has 0 radical (unpaired) electrons. The predicted molar refractivity (Wildman–Crippen MR) is 121 cm³/mol. The lowest BCUT2D eigenvalue weighted by molar-refractivity contribution is 0.0916. The van der Waals surface area contributed by atoms with Crippen LogP contribution in [0.25, 0.3) is 0 Å². The van der Waals surface area contributed by atoms with Crippen LogP contribution in [0.1, 0.15) is 90.9 Å². The third-order valence-electron chi connectivity index (χ3n) is 5.97. The van der Waals surface area contributed by atoms with Crippen molar-refractivity contribution in [2.24, 2.45) is 0 Å². The summed E-state index contributed by atoms with van der Waals surface area (Å²) in [7, 11) is 0. The van der Waals surface area contributed by atoms with E-state index in [0.29, 0.717) is 17.8 Å². The summed E-state index contributed by atoms with van der Waals surface area (Å²) >= 11 is 0. The zero-order chi connectivity index (χ0) is 21.3. The molecule has 4 rings (SSSR count). The van der Waals surface area contributed by atoms with Crippen LogP contribution in [0.5, 0.6) is 0 Å². The first-order valence-electron chi connectivity index (χ1n) is 11.6. The maximum atomic E-state index is 12.9. The predicted octanol–water partition coefficient (Wildman–Crippen LogP) is 4.84. The molecule has 30 heavy (non-hydrogen) atoms. The molecule has 1 saturated carbocycles. The maximum Gasteiger partial charge on any atom is 0.268 e. The summed E-state index contributed by atoms with van der Waals surface area (Å²) in [5, 5.41) is 6.22. The van der Waals surface area contributed by atoms with Gasteiger partial charge in [0.25, 0.3) is 11.8 Å². The van der Waals surface area contributed by atoms with Crippen molar-refractivity contribution in [3.8, 4) is 0 Å². The summed E-state index contributed by atoms with van der Waals surface area (Å²) in [6.07, 6.45) is 8.72. The van der Waals surface area contributed by atoms with Crippen molar-refractivity contribution in [3.63, 3.8) is 0 Å². The average Bonchev–Trinajstić information content (AvgIpc) is 3.20. The van der Waals surface area contributed by atoms with Gasteiger partial charge in [0.15, 0.2) is 0 Å². The largest absolute Gasteiger partial charge is 0.348 e. The van der Waals surface area contributed by atoms with Crippen molar-refractivity contribution < 1.29 is 9.59 Å². The van der Waals surface area contributed by atoms with Gasteiger partial charge in [0.1, 0.15) is 5.69 Å². The first-order chi connectivity index (χ1) is 14.7. The Morgan fingerprint density at radius 3 is 2.43 bits per heavy atom. The normalized spacial score (nSPS) is 16.1. The van der Waals surface area contributed by atoms with E-state index in [4.69, 9.17) is 0 Å². The fourth-order valence-corrected chi connectivity index (χ4v) is 4.44. The van der Waals surface area contributed by atoms with Crippen LogP contribution in [0.4, 0.5) is 0 Å². The molecule has 1 aliphatic carbocycles. The topological polar surface area (TPSA) is 63.1 Å². The van der Waals surface area contributed by atoms with Crippen molar-refractivity contribution in [1.82, 2.24) is 15.2 Å². The zero-order valence-electron chi connectivity index (χ0n) is 18.4. The Balaban J connectivity index is 0.00000124. The van der Waals surface area contributed by atoms with E-state index in [2.05, 4.69) is 15.2 Å². The number of rotatable bonds is 5. The molecule has 0 bridgehead atoms. The quantitative estimate of drug-likeness (QED) is 0.742. The Hall–Kier alpha value is -2.56.